The minimum atomic E-state index is -0.910. The van der Waals surface area contributed by atoms with Crippen molar-refractivity contribution in [2.45, 2.75) is 6.92 Å². The molecule has 3 aromatic rings. The minimum Gasteiger partial charge on any atom is -0.423 e. The molecule has 0 radical (unpaired) electrons. The van der Waals surface area contributed by atoms with Crippen molar-refractivity contribution in [2.24, 2.45) is 5.10 Å². The third-order valence-electron chi connectivity index (χ3n) is 4.14. The maximum absolute atomic E-state index is 12.2. The molecule has 0 aromatic heterocycles. The van der Waals surface area contributed by atoms with E-state index >= 15 is 0 Å². The molecule has 0 unspecified atom stereocenters. The molecule has 0 bridgehead atoms. The summed E-state index contributed by atoms with van der Waals surface area (Å²) in [5.41, 5.74) is 4.48. The fourth-order valence-corrected chi connectivity index (χ4v) is 2.97. The molecule has 0 aliphatic heterocycles. The van der Waals surface area contributed by atoms with Crippen LogP contribution >= 0.6 is 23.2 Å². The van der Waals surface area contributed by atoms with Crippen molar-refractivity contribution >= 4 is 52.9 Å². The van der Waals surface area contributed by atoms with Gasteiger partial charge in [-0.15, -0.1) is 0 Å². The highest BCUT2D eigenvalue weighted by atomic mass is 35.5. The Kier molecular flexibility index (Phi) is 7.59. The summed E-state index contributed by atoms with van der Waals surface area (Å²) in [7, 11) is 0. The highest BCUT2D eigenvalue weighted by Crippen LogP contribution is 2.23. The zero-order valence-electron chi connectivity index (χ0n) is 16.8. The molecule has 0 fully saturated rings. The smallest absolute Gasteiger partial charge is 0.345 e. The van der Waals surface area contributed by atoms with Crippen LogP contribution in [0.4, 0.5) is 5.69 Å². The van der Waals surface area contributed by atoms with Crippen LogP contribution in [0.15, 0.2) is 71.8 Å². The van der Waals surface area contributed by atoms with Gasteiger partial charge < -0.3 is 10.1 Å². The first kappa shape index (κ1) is 23.0. The van der Waals surface area contributed by atoms with Crippen LogP contribution in [0.25, 0.3) is 0 Å². The maximum Gasteiger partial charge on any atom is 0.345 e. The Morgan fingerprint density at radius 2 is 1.59 bits per heavy atom. The summed E-state index contributed by atoms with van der Waals surface area (Å²) < 4.78 is 5.28. The molecule has 0 spiro atoms. The van der Waals surface area contributed by atoms with E-state index in [2.05, 4.69) is 15.8 Å². The molecule has 0 saturated heterocycles. The zero-order valence-corrected chi connectivity index (χ0v) is 18.3. The summed E-state index contributed by atoms with van der Waals surface area (Å²) in [4.78, 5) is 36.0. The van der Waals surface area contributed by atoms with Crippen molar-refractivity contribution in [2.75, 3.05) is 5.32 Å². The molecule has 0 aliphatic rings. The molecule has 3 aromatic carbocycles. The average Bonchev–Trinajstić information content (AvgIpc) is 2.76. The number of aryl methyl sites for hydroxylation is 1. The van der Waals surface area contributed by atoms with E-state index in [1.54, 1.807) is 42.5 Å². The van der Waals surface area contributed by atoms with E-state index in [0.717, 1.165) is 5.56 Å². The summed E-state index contributed by atoms with van der Waals surface area (Å²) in [6.07, 6.45) is 1.35. The second-order valence-corrected chi connectivity index (χ2v) is 7.45. The number of hydrazone groups is 1. The topological polar surface area (TPSA) is 96.9 Å². The van der Waals surface area contributed by atoms with Gasteiger partial charge in [-0.3, -0.25) is 9.59 Å². The van der Waals surface area contributed by atoms with Crippen molar-refractivity contribution in [1.82, 2.24) is 5.43 Å². The van der Waals surface area contributed by atoms with Crippen LogP contribution in [0.3, 0.4) is 0 Å². The summed E-state index contributed by atoms with van der Waals surface area (Å²) >= 11 is 11.8. The van der Waals surface area contributed by atoms with Gasteiger partial charge in [0.1, 0.15) is 5.75 Å². The zero-order chi connectivity index (χ0) is 23.1. The highest BCUT2D eigenvalue weighted by Gasteiger charge is 2.14. The van der Waals surface area contributed by atoms with E-state index in [9.17, 15) is 14.4 Å². The fourth-order valence-electron chi connectivity index (χ4n) is 2.48. The molecular formula is C23H17Cl2N3O4. The van der Waals surface area contributed by atoms with Crippen molar-refractivity contribution in [3.05, 3.63) is 93.5 Å². The number of carbonyl (C=O) groups is 3. The minimum absolute atomic E-state index is 0.188. The molecule has 2 amide bonds. The van der Waals surface area contributed by atoms with Crippen molar-refractivity contribution in [3.63, 3.8) is 0 Å². The van der Waals surface area contributed by atoms with Crippen LogP contribution < -0.4 is 15.5 Å². The third-order valence-corrected chi connectivity index (χ3v) is 4.68. The van der Waals surface area contributed by atoms with Gasteiger partial charge in [0.05, 0.1) is 16.8 Å². The van der Waals surface area contributed by atoms with E-state index in [-0.39, 0.29) is 10.6 Å². The molecule has 162 valence electrons. The van der Waals surface area contributed by atoms with Gasteiger partial charge in [-0.25, -0.2) is 10.2 Å². The largest absolute Gasteiger partial charge is 0.423 e. The predicted molar refractivity (Wildman–Crippen MR) is 123 cm³/mol. The number of esters is 1. The lowest BCUT2D eigenvalue weighted by Crippen LogP contribution is -2.32. The van der Waals surface area contributed by atoms with Crippen LogP contribution in [0.1, 0.15) is 21.5 Å². The first-order chi connectivity index (χ1) is 15.3. The second kappa shape index (κ2) is 10.6. The molecule has 0 heterocycles. The summed E-state index contributed by atoms with van der Waals surface area (Å²) in [6.45, 7) is 1.92. The summed E-state index contributed by atoms with van der Waals surface area (Å²) in [6, 6.07) is 17.8. The predicted octanol–water partition coefficient (Wildman–Crippen LogP) is 4.61. The number of halogens is 2. The normalized spacial score (nSPS) is 10.6. The Morgan fingerprint density at radius 1 is 0.906 bits per heavy atom. The first-order valence-corrected chi connectivity index (χ1v) is 10.1. The van der Waals surface area contributed by atoms with Gasteiger partial charge >= 0.3 is 17.8 Å². The van der Waals surface area contributed by atoms with Gasteiger partial charge in [0.2, 0.25) is 0 Å². The molecule has 3 rings (SSSR count). The number of hydrogen-bond acceptors (Lipinski definition) is 5. The first-order valence-electron chi connectivity index (χ1n) is 9.30. The van der Waals surface area contributed by atoms with Crippen molar-refractivity contribution in [3.8, 4) is 5.75 Å². The van der Waals surface area contributed by atoms with Crippen LogP contribution in [0.2, 0.25) is 10.0 Å². The van der Waals surface area contributed by atoms with Gasteiger partial charge in [-0.2, -0.15) is 5.10 Å². The van der Waals surface area contributed by atoms with Crippen LogP contribution in [0, 0.1) is 6.92 Å². The molecular weight excluding hydrogens is 453 g/mol. The van der Waals surface area contributed by atoms with Gasteiger partial charge in [-0.05, 0) is 67.1 Å². The molecule has 0 saturated carbocycles. The highest BCUT2D eigenvalue weighted by molar-refractivity contribution is 6.39. The number of ether oxygens (including phenoxy) is 1. The van der Waals surface area contributed by atoms with E-state index in [0.29, 0.717) is 22.0 Å². The van der Waals surface area contributed by atoms with Crippen LogP contribution in [0.5, 0.6) is 5.75 Å². The molecule has 9 heteroatoms. The number of carbonyl (C=O) groups excluding carboxylic acids is 3. The maximum atomic E-state index is 12.2. The summed E-state index contributed by atoms with van der Waals surface area (Å²) in [5, 5.41) is 6.83. The molecule has 2 N–H and O–H groups in total. The van der Waals surface area contributed by atoms with Gasteiger partial charge in [0, 0.05) is 10.7 Å². The number of anilines is 1. The lowest BCUT2D eigenvalue weighted by Gasteiger charge is -2.06. The van der Waals surface area contributed by atoms with E-state index in [1.807, 2.05) is 19.1 Å². The lowest BCUT2D eigenvalue weighted by atomic mass is 10.2. The SMILES string of the molecule is Cc1ccc(NC(=O)C(=O)N/N=C/c2ccc(OC(=O)c3ccc(Cl)cc3Cl)cc2)cc1. The number of amides is 2. The standard InChI is InChI=1S/C23H17Cl2N3O4/c1-14-2-7-17(8-3-14)27-21(29)22(30)28-26-13-15-4-9-18(10-5-15)32-23(31)19-11-6-16(24)12-20(19)25/h2-13H,1H3,(H,27,29)(H,28,30)/b26-13+. The number of hydrogen-bond donors (Lipinski definition) is 2. The second-order valence-electron chi connectivity index (χ2n) is 6.60. The van der Waals surface area contributed by atoms with E-state index < -0.39 is 17.8 Å². The Labute approximate surface area is 194 Å². The van der Waals surface area contributed by atoms with Crippen molar-refractivity contribution in [1.29, 1.82) is 0 Å². The third kappa shape index (κ3) is 6.41. The average molecular weight is 470 g/mol. The number of nitrogens with one attached hydrogen (secondary N) is 2. The monoisotopic (exact) mass is 469 g/mol. The summed E-state index contributed by atoms with van der Waals surface area (Å²) in [5.74, 6) is -2.08. The van der Waals surface area contributed by atoms with E-state index in [1.165, 1.54) is 18.3 Å². The Hall–Kier alpha value is -3.68. The van der Waals surface area contributed by atoms with Gasteiger partial charge in [-0.1, -0.05) is 40.9 Å². The number of nitrogens with zero attached hydrogens (tertiary/aromatic N) is 1. The molecule has 32 heavy (non-hydrogen) atoms. The fraction of sp³-hybridized carbons (Fsp3) is 0.0435. The Morgan fingerprint density at radius 3 is 2.25 bits per heavy atom. The van der Waals surface area contributed by atoms with Crippen molar-refractivity contribution < 1.29 is 19.1 Å². The number of benzene rings is 3. The Balaban J connectivity index is 1.52. The van der Waals surface area contributed by atoms with Gasteiger partial charge in [0.25, 0.3) is 0 Å². The molecule has 0 aliphatic carbocycles. The Bertz CT molecular complexity index is 1180. The molecule has 7 nitrogen and oxygen atoms in total. The molecule has 0 atom stereocenters. The lowest BCUT2D eigenvalue weighted by molar-refractivity contribution is -0.136. The van der Waals surface area contributed by atoms with E-state index in [4.69, 9.17) is 27.9 Å². The number of rotatable bonds is 5. The quantitative estimate of drug-likeness (QED) is 0.187. The van der Waals surface area contributed by atoms with Crippen LogP contribution in [-0.4, -0.2) is 24.0 Å². The van der Waals surface area contributed by atoms with Gasteiger partial charge in [0.15, 0.2) is 0 Å². The van der Waals surface area contributed by atoms with Crippen LogP contribution in [-0.2, 0) is 9.59 Å².